The Morgan fingerprint density at radius 3 is 2.71 bits per heavy atom. The fourth-order valence-corrected chi connectivity index (χ4v) is 4.79. The second-order valence-electron chi connectivity index (χ2n) is 8.62. The molecule has 7 nitrogen and oxygen atoms in total. The van der Waals surface area contributed by atoms with Crippen LogP contribution in [-0.4, -0.2) is 32.0 Å². The van der Waals surface area contributed by atoms with E-state index in [9.17, 15) is 4.79 Å². The Balaban J connectivity index is 1.39. The van der Waals surface area contributed by atoms with Crippen molar-refractivity contribution < 1.29 is 9.21 Å². The van der Waals surface area contributed by atoms with E-state index < -0.39 is 0 Å². The molecule has 35 heavy (non-hydrogen) atoms. The molecule has 1 saturated heterocycles. The van der Waals surface area contributed by atoms with E-state index in [4.69, 9.17) is 16.6 Å². The Morgan fingerprint density at radius 2 is 1.97 bits per heavy atom. The van der Waals surface area contributed by atoms with Gasteiger partial charge in [-0.1, -0.05) is 23.8 Å². The van der Waals surface area contributed by atoms with Crippen LogP contribution >= 0.6 is 12.2 Å². The van der Waals surface area contributed by atoms with Gasteiger partial charge in [-0.15, -0.1) is 0 Å². The number of pyridine rings is 1. The fraction of sp³-hybridized carbons (Fsp3) is 0.222. The second-order valence-corrected chi connectivity index (χ2v) is 9.01. The summed E-state index contributed by atoms with van der Waals surface area (Å²) in [6, 6.07) is 21.4. The maximum absolute atomic E-state index is 12.8. The molecule has 4 heterocycles. The van der Waals surface area contributed by atoms with E-state index in [0.717, 1.165) is 28.4 Å². The summed E-state index contributed by atoms with van der Waals surface area (Å²) < 4.78 is 7.75. The van der Waals surface area contributed by atoms with Gasteiger partial charge >= 0.3 is 0 Å². The number of furan rings is 1. The maximum Gasteiger partial charge on any atom is 0.226 e. The lowest BCUT2D eigenvalue weighted by Gasteiger charge is -2.28. The van der Waals surface area contributed by atoms with Gasteiger partial charge in [0, 0.05) is 36.7 Å². The van der Waals surface area contributed by atoms with E-state index in [-0.39, 0.29) is 18.0 Å². The van der Waals surface area contributed by atoms with Gasteiger partial charge in [0.2, 0.25) is 5.91 Å². The van der Waals surface area contributed by atoms with E-state index in [0.29, 0.717) is 24.6 Å². The summed E-state index contributed by atoms with van der Waals surface area (Å²) in [7, 11) is 0. The lowest BCUT2D eigenvalue weighted by atomic mass is 10.0. The van der Waals surface area contributed by atoms with Gasteiger partial charge in [-0.05, 0) is 67.7 Å². The fourth-order valence-electron chi connectivity index (χ4n) is 4.46. The first-order valence-corrected chi connectivity index (χ1v) is 12.0. The molecule has 3 aromatic heterocycles. The third kappa shape index (κ3) is 5.12. The number of amides is 1. The van der Waals surface area contributed by atoms with Gasteiger partial charge in [0.25, 0.3) is 0 Å². The molecule has 4 aromatic rings. The minimum atomic E-state index is -0.144. The van der Waals surface area contributed by atoms with Gasteiger partial charge in [-0.3, -0.25) is 9.78 Å². The van der Waals surface area contributed by atoms with E-state index in [1.165, 1.54) is 0 Å². The number of thiocarbonyl (C=S) groups is 1. The Kier molecular flexibility index (Phi) is 6.63. The number of nitrogens with one attached hydrogen (secondary N) is 2. The number of carbonyl (C=O) groups is 1. The van der Waals surface area contributed by atoms with Crippen LogP contribution in [0.2, 0.25) is 0 Å². The van der Waals surface area contributed by atoms with Gasteiger partial charge in [0.1, 0.15) is 5.76 Å². The number of hydrogen-bond donors (Lipinski definition) is 2. The number of benzene rings is 1. The first kappa shape index (κ1) is 22.9. The normalized spacial score (nSPS) is 17.4. The van der Waals surface area contributed by atoms with Crippen LogP contribution in [0.25, 0.3) is 0 Å². The monoisotopic (exact) mass is 485 g/mol. The van der Waals surface area contributed by atoms with Crippen LogP contribution in [0.1, 0.15) is 41.2 Å². The Morgan fingerprint density at radius 1 is 1.11 bits per heavy atom. The van der Waals surface area contributed by atoms with Crippen LogP contribution in [0.4, 0.5) is 5.69 Å². The summed E-state index contributed by atoms with van der Waals surface area (Å²) in [5.41, 5.74) is 3.91. The summed E-state index contributed by atoms with van der Waals surface area (Å²) in [5.74, 6) is 0.817. The van der Waals surface area contributed by atoms with Crippen molar-refractivity contribution in [1.29, 1.82) is 0 Å². The molecule has 1 aromatic carbocycles. The topological polar surface area (TPSA) is 75.3 Å². The molecule has 1 amide bonds. The van der Waals surface area contributed by atoms with Crippen LogP contribution in [0.3, 0.4) is 0 Å². The zero-order valence-corrected chi connectivity index (χ0v) is 20.2. The minimum absolute atomic E-state index is 0.0531. The first-order valence-electron chi connectivity index (χ1n) is 11.6. The van der Waals surface area contributed by atoms with E-state index in [2.05, 4.69) is 31.2 Å². The average molecular weight is 486 g/mol. The van der Waals surface area contributed by atoms with Gasteiger partial charge in [-0.2, -0.15) is 0 Å². The van der Waals surface area contributed by atoms with Gasteiger partial charge in [-0.25, -0.2) is 0 Å². The molecule has 1 aliphatic heterocycles. The lowest BCUT2D eigenvalue weighted by molar-refractivity contribution is -0.116. The Bertz CT molecular complexity index is 1280. The lowest BCUT2D eigenvalue weighted by Crippen LogP contribution is -2.33. The number of hydrogen-bond acceptors (Lipinski definition) is 4. The third-order valence-corrected chi connectivity index (χ3v) is 6.54. The molecular weight excluding hydrogens is 458 g/mol. The molecule has 5 rings (SSSR count). The van der Waals surface area contributed by atoms with Crippen molar-refractivity contribution in [2.24, 2.45) is 0 Å². The van der Waals surface area contributed by atoms with Crippen molar-refractivity contribution in [1.82, 2.24) is 19.8 Å². The highest BCUT2D eigenvalue weighted by molar-refractivity contribution is 7.80. The van der Waals surface area contributed by atoms with Crippen molar-refractivity contribution in [2.45, 2.75) is 32.0 Å². The van der Waals surface area contributed by atoms with Gasteiger partial charge in [0.15, 0.2) is 5.11 Å². The van der Waals surface area contributed by atoms with Crippen LogP contribution in [0.5, 0.6) is 0 Å². The van der Waals surface area contributed by atoms with Crippen LogP contribution < -0.4 is 10.6 Å². The number of aromatic nitrogens is 2. The van der Waals surface area contributed by atoms with Crippen molar-refractivity contribution in [3.8, 4) is 0 Å². The molecule has 1 aliphatic rings. The van der Waals surface area contributed by atoms with Crippen molar-refractivity contribution in [3.63, 3.8) is 0 Å². The van der Waals surface area contributed by atoms with Crippen LogP contribution in [0, 0.1) is 6.92 Å². The predicted molar refractivity (Wildman–Crippen MR) is 139 cm³/mol. The molecule has 2 N–H and O–H groups in total. The smallest absolute Gasteiger partial charge is 0.226 e. The second kappa shape index (κ2) is 10.1. The zero-order valence-electron chi connectivity index (χ0n) is 19.4. The maximum atomic E-state index is 12.8. The molecule has 0 spiro atoms. The summed E-state index contributed by atoms with van der Waals surface area (Å²) >= 11 is 5.75. The highest BCUT2D eigenvalue weighted by Crippen LogP contribution is 2.39. The number of nitrogens with zero attached hydrogens (tertiary/aromatic N) is 3. The summed E-state index contributed by atoms with van der Waals surface area (Å²) in [4.78, 5) is 19.4. The molecule has 0 radical (unpaired) electrons. The highest BCUT2D eigenvalue weighted by atomic mass is 32.1. The predicted octanol–water partition coefficient (Wildman–Crippen LogP) is 4.83. The van der Waals surface area contributed by atoms with E-state index >= 15 is 0 Å². The Labute approximate surface area is 209 Å². The van der Waals surface area contributed by atoms with Crippen molar-refractivity contribution in [2.75, 3.05) is 11.9 Å². The van der Waals surface area contributed by atoms with Gasteiger partial charge in [0.05, 0.1) is 30.6 Å². The highest BCUT2D eigenvalue weighted by Gasteiger charge is 2.41. The molecule has 0 bridgehead atoms. The van der Waals surface area contributed by atoms with Crippen LogP contribution in [0.15, 0.2) is 89.8 Å². The molecule has 0 saturated carbocycles. The molecule has 2 atom stereocenters. The molecule has 0 unspecified atom stereocenters. The van der Waals surface area contributed by atoms with E-state index in [1.54, 1.807) is 12.5 Å². The summed E-state index contributed by atoms with van der Waals surface area (Å²) in [5, 5.41) is 7.04. The Hall–Kier alpha value is -3.91. The van der Waals surface area contributed by atoms with Crippen LogP contribution in [-0.2, 0) is 11.3 Å². The van der Waals surface area contributed by atoms with Crippen molar-refractivity contribution >= 4 is 28.9 Å². The molecule has 178 valence electrons. The van der Waals surface area contributed by atoms with E-state index in [1.807, 2.05) is 73.8 Å². The SMILES string of the molecule is Cc1ccc(NC(=O)CCN2C(=S)N[C@H](c3ccccn3)[C@@H]2c2cccn2Cc2ccco2)cc1. The quantitative estimate of drug-likeness (QED) is 0.348. The van der Waals surface area contributed by atoms with Gasteiger partial charge < -0.3 is 24.5 Å². The summed E-state index contributed by atoms with van der Waals surface area (Å²) in [6.45, 7) is 3.10. The largest absolute Gasteiger partial charge is 0.467 e. The summed E-state index contributed by atoms with van der Waals surface area (Å²) in [6.07, 6.45) is 5.81. The molecule has 0 aliphatic carbocycles. The van der Waals surface area contributed by atoms with Crippen molar-refractivity contribution in [3.05, 3.63) is 108 Å². The molecule has 1 fully saturated rings. The number of anilines is 1. The number of aryl methyl sites for hydroxylation is 1. The first-order chi connectivity index (χ1) is 17.1. The average Bonchev–Trinajstić information content (AvgIpc) is 3.61. The molecule has 8 heteroatoms. The standard InChI is InChI=1S/C27H27N5O2S/c1-19-9-11-20(12-10-19)29-24(33)13-16-32-26(25(30-27(32)35)22-7-2-3-14-28-22)23-8-4-15-31(23)18-21-6-5-17-34-21/h2-12,14-15,17,25-26H,13,16,18H2,1H3,(H,29,33)(H,30,35)/t25-,26+/m1/s1. The third-order valence-electron chi connectivity index (χ3n) is 6.19. The number of carbonyl (C=O) groups excluding carboxylic acids is 1. The zero-order chi connectivity index (χ0) is 24.2. The molecular formula is C27H27N5O2S. The number of rotatable bonds is 8. The minimum Gasteiger partial charge on any atom is -0.467 e.